The number of aromatic nitrogens is 2. The third kappa shape index (κ3) is 5.38. The molecular formula is C26H26N4O2S. The first-order valence-electron chi connectivity index (χ1n) is 10.8. The van der Waals surface area contributed by atoms with Crippen molar-refractivity contribution < 1.29 is 9.53 Å². The molecule has 0 fully saturated rings. The Kier molecular flexibility index (Phi) is 7.00. The summed E-state index contributed by atoms with van der Waals surface area (Å²) in [5.74, 6) is 2.07. The van der Waals surface area contributed by atoms with Crippen LogP contribution in [-0.4, -0.2) is 23.0 Å². The summed E-state index contributed by atoms with van der Waals surface area (Å²) in [7, 11) is 1.59. The highest BCUT2D eigenvalue weighted by atomic mass is 32.1. The second-order valence-electron chi connectivity index (χ2n) is 7.57. The van der Waals surface area contributed by atoms with Gasteiger partial charge in [0.2, 0.25) is 5.91 Å². The van der Waals surface area contributed by atoms with Crippen LogP contribution in [0.4, 0.5) is 17.2 Å². The van der Waals surface area contributed by atoms with E-state index in [-0.39, 0.29) is 12.3 Å². The van der Waals surface area contributed by atoms with Gasteiger partial charge in [-0.15, -0.1) is 0 Å². The summed E-state index contributed by atoms with van der Waals surface area (Å²) in [6, 6.07) is 17.2. The molecule has 0 spiro atoms. The number of carbonyl (C=O) groups excluding carboxylic acids is 1. The van der Waals surface area contributed by atoms with E-state index < -0.39 is 0 Å². The predicted molar refractivity (Wildman–Crippen MR) is 135 cm³/mol. The van der Waals surface area contributed by atoms with Gasteiger partial charge in [-0.1, -0.05) is 31.2 Å². The van der Waals surface area contributed by atoms with E-state index in [0.717, 1.165) is 46.1 Å². The van der Waals surface area contributed by atoms with Crippen LogP contribution >= 0.6 is 11.3 Å². The van der Waals surface area contributed by atoms with E-state index in [1.54, 1.807) is 18.4 Å². The number of nitrogens with zero attached hydrogens (tertiary/aromatic N) is 2. The van der Waals surface area contributed by atoms with Gasteiger partial charge < -0.3 is 15.4 Å². The van der Waals surface area contributed by atoms with Crippen LogP contribution in [-0.2, 0) is 17.6 Å². The molecule has 2 aromatic heterocycles. The van der Waals surface area contributed by atoms with Gasteiger partial charge in [-0.25, -0.2) is 9.97 Å². The molecule has 0 atom stereocenters. The van der Waals surface area contributed by atoms with Gasteiger partial charge in [0.15, 0.2) is 5.82 Å². The van der Waals surface area contributed by atoms with Gasteiger partial charge >= 0.3 is 0 Å². The fourth-order valence-corrected chi connectivity index (χ4v) is 4.25. The lowest BCUT2D eigenvalue weighted by molar-refractivity contribution is -0.115. The summed E-state index contributed by atoms with van der Waals surface area (Å²) in [6.07, 6.45) is 1.10. The maximum Gasteiger partial charge on any atom is 0.228 e. The summed E-state index contributed by atoms with van der Waals surface area (Å²) >= 11 is 1.63. The van der Waals surface area contributed by atoms with Crippen molar-refractivity contribution in [2.45, 2.75) is 26.7 Å². The zero-order valence-corrected chi connectivity index (χ0v) is 19.7. The molecule has 0 unspecified atom stereocenters. The van der Waals surface area contributed by atoms with Gasteiger partial charge in [0.1, 0.15) is 11.6 Å². The molecule has 168 valence electrons. The van der Waals surface area contributed by atoms with Gasteiger partial charge in [-0.2, -0.15) is 11.3 Å². The lowest BCUT2D eigenvalue weighted by Crippen LogP contribution is -2.15. The van der Waals surface area contributed by atoms with Gasteiger partial charge in [0, 0.05) is 27.9 Å². The van der Waals surface area contributed by atoms with Crippen molar-refractivity contribution in [3.8, 4) is 17.1 Å². The normalized spacial score (nSPS) is 10.6. The molecule has 2 heterocycles. The molecule has 2 aromatic carbocycles. The highest BCUT2D eigenvalue weighted by Gasteiger charge is 2.13. The minimum Gasteiger partial charge on any atom is -0.495 e. The number of amides is 1. The summed E-state index contributed by atoms with van der Waals surface area (Å²) in [6.45, 7) is 4.12. The van der Waals surface area contributed by atoms with E-state index in [1.165, 1.54) is 0 Å². The molecule has 0 saturated carbocycles. The second-order valence-corrected chi connectivity index (χ2v) is 8.35. The quantitative estimate of drug-likeness (QED) is 0.338. The van der Waals surface area contributed by atoms with Crippen LogP contribution in [0.5, 0.6) is 5.75 Å². The van der Waals surface area contributed by atoms with Crippen molar-refractivity contribution in [2.75, 3.05) is 17.7 Å². The molecule has 4 rings (SSSR count). The number of para-hydroxylation sites is 2. The lowest BCUT2D eigenvalue weighted by Gasteiger charge is -2.14. The summed E-state index contributed by atoms with van der Waals surface area (Å²) in [4.78, 5) is 22.0. The summed E-state index contributed by atoms with van der Waals surface area (Å²) in [5, 5.41) is 10.4. The van der Waals surface area contributed by atoms with Crippen molar-refractivity contribution in [2.24, 2.45) is 0 Å². The number of methoxy groups -OCH3 is 1. The minimum atomic E-state index is -0.0969. The second kappa shape index (κ2) is 10.3. The summed E-state index contributed by atoms with van der Waals surface area (Å²) in [5.41, 5.74) is 5.57. The first-order valence-corrected chi connectivity index (χ1v) is 11.7. The Balaban J connectivity index is 1.47. The van der Waals surface area contributed by atoms with Gasteiger partial charge in [-0.05, 0) is 54.6 Å². The Morgan fingerprint density at radius 1 is 1.06 bits per heavy atom. The Bertz CT molecular complexity index is 1240. The van der Waals surface area contributed by atoms with E-state index in [2.05, 4.69) is 27.9 Å². The number of aryl methyl sites for hydroxylation is 1. The van der Waals surface area contributed by atoms with Crippen molar-refractivity contribution >= 4 is 34.4 Å². The largest absolute Gasteiger partial charge is 0.495 e. The van der Waals surface area contributed by atoms with E-state index in [0.29, 0.717) is 11.4 Å². The Hall–Kier alpha value is -3.71. The predicted octanol–water partition coefficient (Wildman–Crippen LogP) is 6.01. The van der Waals surface area contributed by atoms with Crippen molar-refractivity contribution in [3.05, 3.63) is 82.2 Å². The van der Waals surface area contributed by atoms with Crippen LogP contribution < -0.4 is 15.4 Å². The first-order chi connectivity index (χ1) is 16.1. The smallest absolute Gasteiger partial charge is 0.228 e. The molecule has 4 aromatic rings. The lowest BCUT2D eigenvalue weighted by atomic mass is 10.1. The third-order valence-electron chi connectivity index (χ3n) is 5.31. The summed E-state index contributed by atoms with van der Waals surface area (Å²) < 4.78 is 5.30. The molecule has 6 nitrogen and oxygen atoms in total. The fraction of sp³-hybridized carbons (Fsp3) is 0.192. The number of thiophene rings is 1. The molecule has 0 aliphatic carbocycles. The van der Waals surface area contributed by atoms with Crippen molar-refractivity contribution in [1.82, 2.24) is 9.97 Å². The standard InChI is InChI=1S/C26H26N4O2S/c1-4-21-17(2)27-25(19-13-14-33-16-19)30-26(21)28-20-11-9-18(10-12-20)15-24(31)29-22-7-5-6-8-23(22)32-3/h5-14,16H,4,15H2,1-3H3,(H,29,31)(H,27,28,30). The molecule has 0 aliphatic heterocycles. The Labute approximate surface area is 197 Å². The van der Waals surface area contributed by atoms with Gasteiger partial charge in [0.05, 0.1) is 19.2 Å². The van der Waals surface area contributed by atoms with E-state index in [9.17, 15) is 4.79 Å². The number of hydrogen-bond acceptors (Lipinski definition) is 6. The topological polar surface area (TPSA) is 76.1 Å². The number of hydrogen-bond donors (Lipinski definition) is 2. The molecule has 7 heteroatoms. The zero-order chi connectivity index (χ0) is 23.2. The number of nitrogens with one attached hydrogen (secondary N) is 2. The number of benzene rings is 2. The molecule has 2 N–H and O–H groups in total. The highest BCUT2D eigenvalue weighted by molar-refractivity contribution is 7.08. The van der Waals surface area contributed by atoms with Crippen molar-refractivity contribution in [3.63, 3.8) is 0 Å². The third-order valence-corrected chi connectivity index (χ3v) is 5.99. The van der Waals surface area contributed by atoms with E-state index in [4.69, 9.17) is 9.72 Å². The molecular weight excluding hydrogens is 432 g/mol. The average molecular weight is 459 g/mol. The van der Waals surface area contributed by atoms with E-state index >= 15 is 0 Å². The first kappa shape index (κ1) is 22.5. The molecule has 1 amide bonds. The van der Waals surface area contributed by atoms with Crippen LogP contribution in [0.3, 0.4) is 0 Å². The van der Waals surface area contributed by atoms with Gasteiger partial charge in [-0.3, -0.25) is 4.79 Å². The number of ether oxygens (including phenoxy) is 1. The molecule has 0 bridgehead atoms. The minimum absolute atomic E-state index is 0.0969. The zero-order valence-electron chi connectivity index (χ0n) is 18.9. The highest BCUT2D eigenvalue weighted by Crippen LogP contribution is 2.27. The van der Waals surface area contributed by atoms with Crippen molar-refractivity contribution in [1.29, 1.82) is 0 Å². The SMILES string of the molecule is CCc1c(C)nc(-c2ccsc2)nc1Nc1ccc(CC(=O)Nc2ccccc2OC)cc1. The van der Waals surface area contributed by atoms with E-state index in [1.807, 2.05) is 66.9 Å². The number of rotatable bonds is 8. The van der Waals surface area contributed by atoms with Crippen LogP contribution in [0, 0.1) is 6.92 Å². The maximum atomic E-state index is 12.5. The average Bonchev–Trinajstić information content (AvgIpc) is 3.36. The van der Waals surface area contributed by atoms with Crippen LogP contribution in [0.1, 0.15) is 23.7 Å². The monoisotopic (exact) mass is 458 g/mol. The van der Waals surface area contributed by atoms with Crippen LogP contribution in [0.25, 0.3) is 11.4 Å². The fourth-order valence-electron chi connectivity index (χ4n) is 3.61. The van der Waals surface area contributed by atoms with Gasteiger partial charge in [0.25, 0.3) is 0 Å². The number of carbonyl (C=O) groups is 1. The maximum absolute atomic E-state index is 12.5. The molecule has 0 saturated heterocycles. The van der Waals surface area contributed by atoms with Crippen LogP contribution in [0.2, 0.25) is 0 Å². The molecule has 0 aliphatic rings. The Morgan fingerprint density at radius 2 is 1.85 bits per heavy atom. The molecule has 33 heavy (non-hydrogen) atoms. The van der Waals surface area contributed by atoms with Crippen LogP contribution in [0.15, 0.2) is 65.4 Å². The Morgan fingerprint density at radius 3 is 2.55 bits per heavy atom. The number of anilines is 3. The molecule has 0 radical (unpaired) electrons.